The molecular formula is C19H24O5. The lowest BCUT2D eigenvalue weighted by Gasteiger charge is -2.14. The Balaban J connectivity index is 2.30. The van der Waals surface area contributed by atoms with E-state index in [0.717, 1.165) is 12.8 Å². The van der Waals surface area contributed by atoms with Crippen LogP contribution in [0.3, 0.4) is 0 Å². The summed E-state index contributed by atoms with van der Waals surface area (Å²) in [6.45, 7) is 6.34. The first kappa shape index (κ1) is 17.9. The van der Waals surface area contributed by atoms with Gasteiger partial charge in [0.05, 0.1) is 25.2 Å². The Morgan fingerprint density at radius 3 is 2.67 bits per heavy atom. The fourth-order valence-corrected chi connectivity index (χ4v) is 2.30. The molecule has 2 rings (SSSR count). The number of hydrogen-bond donors (Lipinski definition) is 0. The van der Waals surface area contributed by atoms with Gasteiger partial charge in [-0.15, -0.1) is 0 Å². The number of methoxy groups -OCH3 is 1. The lowest BCUT2D eigenvalue weighted by Crippen LogP contribution is -2.14. The third kappa shape index (κ3) is 4.31. The topological polar surface area (TPSA) is 57.9 Å². The molecule has 0 aliphatic heterocycles. The Morgan fingerprint density at radius 2 is 2.00 bits per heavy atom. The second kappa shape index (κ2) is 8.43. The van der Waals surface area contributed by atoms with Crippen molar-refractivity contribution in [3.8, 4) is 17.2 Å². The van der Waals surface area contributed by atoms with Crippen molar-refractivity contribution in [2.45, 2.75) is 39.7 Å². The third-order valence-corrected chi connectivity index (χ3v) is 3.31. The average molecular weight is 332 g/mol. The summed E-state index contributed by atoms with van der Waals surface area (Å²) in [6.07, 6.45) is 5.88. The van der Waals surface area contributed by atoms with E-state index in [2.05, 4.69) is 19.1 Å². The summed E-state index contributed by atoms with van der Waals surface area (Å²) in [7, 11) is 1.51. The van der Waals surface area contributed by atoms with Crippen molar-refractivity contribution in [2.75, 3.05) is 13.7 Å². The molecule has 5 heteroatoms. The van der Waals surface area contributed by atoms with Crippen LogP contribution in [0.5, 0.6) is 17.2 Å². The van der Waals surface area contributed by atoms with Crippen LogP contribution in [0, 0.1) is 0 Å². The zero-order valence-corrected chi connectivity index (χ0v) is 14.6. The summed E-state index contributed by atoms with van der Waals surface area (Å²) in [4.78, 5) is 12.2. The van der Waals surface area contributed by atoms with Gasteiger partial charge in [0, 0.05) is 6.07 Å². The molecule has 1 aromatic heterocycles. The molecule has 0 bridgehead atoms. The summed E-state index contributed by atoms with van der Waals surface area (Å²) in [5.41, 5.74) is -0.148. The van der Waals surface area contributed by atoms with Crippen LogP contribution in [-0.2, 0) is 0 Å². The van der Waals surface area contributed by atoms with E-state index in [1.807, 2.05) is 26.0 Å². The SMILES string of the molecule is CCC=CCCOc1ccc2c(OC)c(OC(C)C)c(=O)oc2c1. The Kier molecular flexibility index (Phi) is 6.29. The molecule has 0 spiro atoms. The molecule has 0 aliphatic carbocycles. The molecule has 1 heterocycles. The number of ether oxygens (including phenoxy) is 3. The number of fused-ring (bicyclic) bond motifs is 1. The maximum atomic E-state index is 12.2. The summed E-state index contributed by atoms with van der Waals surface area (Å²) >= 11 is 0. The van der Waals surface area contributed by atoms with E-state index in [1.165, 1.54) is 7.11 Å². The largest absolute Gasteiger partial charge is 0.493 e. The maximum absolute atomic E-state index is 12.2. The summed E-state index contributed by atoms with van der Waals surface area (Å²) in [5, 5.41) is 0.672. The van der Waals surface area contributed by atoms with Gasteiger partial charge < -0.3 is 18.6 Å². The van der Waals surface area contributed by atoms with Crippen LogP contribution < -0.4 is 19.8 Å². The van der Waals surface area contributed by atoms with Crippen LogP contribution in [0.2, 0.25) is 0 Å². The predicted octanol–water partition coefficient (Wildman–Crippen LogP) is 4.32. The fraction of sp³-hybridized carbons (Fsp3) is 0.421. The summed E-state index contributed by atoms with van der Waals surface area (Å²) in [5.74, 6) is 1.13. The van der Waals surface area contributed by atoms with Crippen molar-refractivity contribution in [1.82, 2.24) is 0 Å². The van der Waals surface area contributed by atoms with Gasteiger partial charge in [0.15, 0.2) is 5.75 Å². The van der Waals surface area contributed by atoms with E-state index in [0.29, 0.717) is 29.1 Å². The minimum absolute atomic E-state index is 0.0957. The van der Waals surface area contributed by atoms with Gasteiger partial charge in [-0.3, -0.25) is 0 Å². The minimum atomic E-state index is -0.559. The highest BCUT2D eigenvalue weighted by molar-refractivity contribution is 5.86. The van der Waals surface area contributed by atoms with Gasteiger partial charge in [0.2, 0.25) is 5.75 Å². The monoisotopic (exact) mass is 332 g/mol. The second-order valence-corrected chi connectivity index (χ2v) is 5.59. The zero-order valence-electron chi connectivity index (χ0n) is 14.6. The van der Waals surface area contributed by atoms with Gasteiger partial charge in [-0.1, -0.05) is 19.1 Å². The lowest BCUT2D eigenvalue weighted by molar-refractivity contribution is 0.220. The first-order chi connectivity index (χ1) is 11.6. The van der Waals surface area contributed by atoms with E-state index in [1.54, 1.807) is 6.07 Å². The van der Waals surface area contributed by atoms with Crippen molar-refractivity contribution < 1.29 is 18.6 Å². The minimum Gasteiger partial charge on any atom is -0.493 e. The van der Waals surface area contributed by atoms with Gasteiger partial charge in [-0.25, -0.2) is 4.79 Å². The molecule has 2 aromatic rings. The van der Waals surface area contributed by atoms with Crippen LogP contribution in [-0.4, -0.2) is 19.8 Å². The van der Waals surface area contributed by atoms with Crippen LogP contribution in [0.1, 0.15) is 33.6 Å². The fourth-order valence-electron chi connectivity index (χ4n) is 2.30. The highest BCUT2D eigenvalue weighted by Crippen LogP contribution is 2.34. The lowest BCUT2D eigenvalue weighted by atomic mass is 10.2. The Morgan fingerprint density at radius 1 is 1.21 bits per heavy atom. The smallest absolute Gasteiger partial charge is 0.383 e. The van der Waals surface area contributed by atoms with Crippen LogP contribution in [0.15, 0.2) is 39.6 Å². The molecule has 24 heavy (non-hydrogen) atoms. The summed E-state index contributed by atoms with van der Waals surface area (Å²) in [6, 6.07) is 5.33. The van der Waals surface area contributed by atoms with Crippen LogP contribution in [0.4, 0.5) is 0 Å². The standard InChI is InChI=1S/C19H24O5/c1-5-6-7-8-11-22-14-9-10-15-16(12-14)24-19(20)18(17(15)21-4)23-13(2)3/h6-7,9-10,12-13H,5,8,11H2,1-4H3. The van der Waals surface area contributed by atoms with E-state index in [4.69, 9.17) is 18.6 Å². The predicted molar refractivity (Wildman–Crippen MR) is 94.3 cm³/mol. The molecule has 0 aliphatic rings. The van der Waals surface area contributed by atoms with Crippen LogP contribution >= 0.6 is 0 Å². The third-order valence-electron chi connectivity index (χ3n) is 3.31. The van der Waals surface area contributed by atoms with Crippen molar-refractivity contribution in [1.29, 1.82) is 0 Å². The highest BCUT2D eigenvalue weighted by atomic mass is 16.5. The van der Waals surface area contributed by atoms with Gasteiger partial charge in [-0.2, -0.15) is 0 Å². The van der Waals surface area contributed by atoms with Crippen molar-refractivity contribution in [3.05, 3.63) is 40.8 Å². The molecule has 0 saturated carbocycles. The van der Waals surface area contributed by atoms with Crippen molar-refractivity contribution in [3.63, 3.8) is 0 Å². The van der Waals surface area contributed by atoms with E-state index >= 15 is 0 Å². The molecule has 0 saturated heterocycles. The number of rotatable bonds is 8. The number of allylic oxidation sites excluding steroid dienone is 1. The maximum Gasteiger partial charge on any atom is 0.383 e. The Bertz CT molecular complexity index is 758. The molecule has 5 nitrogen and oxygen atoms in total. The second-order valence-electron chi connectivity index (χ2n) is 5.59. The summed E-state index contributed by atoms with van der Waals surface area (Å²) < 4.78 is 22.0. The quantitative estimate of drug-likeness (QED) is 0.409. The Hall–Kier alpha value is -2.43. The molecule has 0 atom stereocenters. The first-order valence-corrected chi connectivity index (χ1v) is 8.16. The highest BCUT2D eigenvalue weighted by Gasteiger charge is 2.18. The van der Waals surface area contributed by atoms with Gasteiger partial charge in [0.25, 0.3) is 0 Å². The van der Waals surface area contributed by atoms with E-state index in [9.17, 15) is 4.79 Å². The number of hydrogen-bond acceptors (Lipinski definition) is 5. The molecular weight excluding hydrogens is 308 g/mol. The molecule has 1 aromatic carbocycles. The molecule has 0 N–H and O–H groups in total. The van der Waals surface area contributed by atoms with Gasteiger partial charge >= 0.3 is 5.63 Å². The van der Waals surface area contributed by atoms with E-state index < -0.39 is 5.63 Å². The van der Waals surface area contributed by atoms with Crippen molar-refractivity contribution >= 4 is 11.0 Å². The Labute approximate surface area is 141 Å². The number of benzene rings is 1. The molecule has 0 amide bonds. The molecule has 130 valence electrons. The molecule has 0 unspecified atom stereocenters. The molecule has 0 radical (unpaired) electrons. The first-order valence-electron chi connectivity index (χ1n) is 8.16. The van der Waals surface area contributed by atoms with Crippen LogP contribution in [0.25, 0.3) is 11.0 Å². The zero-order chi connectivity index (χ0) is 17.5. The van der Waals surface area contributed by atoms with Gasteiger partial charge in [-0.05, 0) is 38.8 Å². The average Bonchev–Trinajstić information content (AvgIpc) is 2.55. The van der Waals surface area contributed by atoms with Gasteiger partial charge in [0.1, 0.15) is 11.3 Å². The normalized spacial score (nSPS) is 11.4. The van der Waals surface area contributed by atoms with Crippen molar-refractivity contribution in [2.24, 2.45) is 0 Å². The molecule has 0 fully saturated rings. The van der Waals surface area contributed by atoms with E-state index in [-0.39, 0.29) is 11.9 Å².